The monoisotopic (exact) mass is 516 g/mol. The Hall–Kier alpha value is -4.46. The first-order valence-electron chi connectivity index (χ1n) is 12.3. The molecular formula is C30H32N2O6. The topological polar surface area (TPSA) is 88.5 Å². The lowest BCUT2D eigenvalue weighted by Crippen LogP contribution is -2.29. The molecule has 1 unspecified atom stereocenters. The molecule has 3 aromatic carbocycles. The third-order valence-corrected chi connectivity index (χ3v) is 6.56. The number of ether oxygens (including phenoxy) is 3. The average Bonchev–Trinajstić information content (AvgIpc) is 3.19. The molecule has 8 heteroatoms. The molecule has 1 aliphatic rings. The van der Waals surface area contributed by atoms with Crippen molar-refractivity contribution in [3.8, 4) is 17.2 Å². The van der Waals surface area contributed by atoms with Crippen LogP contribution in [0.2, 0.25) is 0 Å². The molecule has 1 fully saturated rings. The average molecular weight is 517 g/mol. The molecule has 1 aliphatic heterocycles. The van der Waals surface area contributed by atoms with Gasteiger partial charge in [-0.3, -0.25) is 14.5 Å². The van der Waals surface area contributed by atoms with Crippen LogP contribution in [-0.4, -0.2) is 51.7 Å². The summed E-state index contributed by atoms with van der Waals surface area (Å²) in [6.45, 7) is 4.25. The Morgan fingerprint density at radius 3 is 2.16 bits per heavy atom. The van der Waals surface area contributed by atoms with E-state index in [-0.39, 0.29) is 11.3 Å². The number of anilines is 2. The number of rotatable bonds is 8. The summed E-state index contributed by atoms with van der Waals surface area (Å²) >= 11 is 0. The number of carbonyl (C=O) groups is 2. The largest absolute Gasteiger partial charge is 0.507 e. The predicted octanol–water partition coefficient (Wildman–Crippen LogP) is 5.10. The van der Waals surface area contributed by atoms with Gasteiger partial charge >= 0.3 is 0 Å². The number of aliphatic hydroxyl groups excluding tert-OH is 1. The first kappa shape index (κ1) is 26.6. The van der Waals surface area contributed by atoms with Crippen LogP contribution >= 0.6 is 0 Å². The summed E-state index contributed by atoms with van der Waals surface area (Å²) in [4.78, 5) is 30.3. The number of amides is 1. The maximum absolute atomic E-state index is 13.5. The van der Waals surface area contributed by atoms with Crippen molar-refractivity contribution in [1.82, 2.24) is 0 Å². The molecule has 38 heavy (non-hydrogen) atoms. The molecule has 0 bridgehead atoms. The number of benzene rings is 3. The van der Waals surface area contributed by atoms with E-state index in [2.05, 4.69) is 0 Å². The number of methoxy groups -OCH3 is 2. The minimum Gasteiger partial charge on any atom is -0.507 e. The van der Waals surface area contributed by atoms with Gasteiger partial charge in [-0.1, -0.05) is 6.07 Å². The molecule has 4 rings (SSSR count). The lowest BCUT2D eigenvalue weighted by molar-refractivity contribution is -0.132. The maximum atomic E-state index is 13.5. The van der Waals surface area contributed by atoms with Crippen LogP contribution in [0, 0.1) is 6.92 Å². The first-order valence-corrected chi connectivity index (χ1v) is 12.3. The number of hydrogen-bond donors (Lipinski definition) is 1. The summed E-state index contributed by atoms with van der Waals surface area (Å²) in [6, 6.07) is 16.8. The number of Topliss-reactive ketones (excluding diaryl/α,β-unsaturated/α-hetero) is 1. The number of carbonyl (C=O) groups excluding carboxylic acids is 2. The third kappa shape index (κ3) is 4.77. The quantitative estimate of drug-likeness (QED) is 0.253. The standard InChI is InChI=1S/C30H32N2O6/c1-7-38-23-14-9-20(16-18(23)2)28(33)26-27(19-8-15-24(36-5)25(17-19)37-6)32(30(35)29(26)34)22-12-10-21(11-13-22)31(3)4/h8-17,27,33H,7H2,1-6H3/b28-26-. The summed E-state index contributed by atoms with van der Waals surface area (Å²) in [5.41, 5.74) is 3.26. The number of hydrogen-bond acceptors (Lipinski definition) is 7. The highest BCUT2D eigenvalue weighted by molar-refractivity contribution is 6.51. The Morgan fingerprint density at radius 2 is 1.58 bits per heavy atom. The van der Waals surface area contributed by atoms with Crippen LogP contribution in [0.25, 0.3) is 5.76 Å². The molecule has 0 spiro atoms. The zero-order chi connectivity index (χ0) is 27.6. The number of aryl methyl sites for hydroxylation is 1. The second kappa shape index (κ2) is 10.9. The van der Waals surface area contributed by atoms with Crippen molar-refractivity contribution < 1.29 is 28.9 Å². The molecule has 0 aromatic heterocycles. The fraction of sp³-hybridized carbons (Fsp3) is 0.267. The van der Waals surface area contributed by atoms with E-state index in [4.69, 9.17) is 14.2 Å². The Balaban J connectivity index is 1.92. The minimum atomic E-state index is -0.896. The summed E-state index contributed by atoms with van der Waals surface area (Å²) in [5.74, 6) is -0.137. The van der Waals surface area contributed by atoms with Crippen molar-refractivity contribution in [2.24, 2.45) is 0 Å². The summed E-state index contributed by atoms with van der Waals surface area (Å²) < 4.78 is 16.5. The highest BCUT2D eigenvalue weighted by Gasteiger charge is 2.47. The molecule has 0 radical (unpaired) electrons. The molecule has 0 aliphatic carbocycles. The Kier molecular flexibility index (Phi) is 7.62. The normalized spacial score (nSPS) is 16.5. The molecule has 1 heterocycles. The van der Waals surface area contributed by atoms with E-state index in [0.717, 1.165) is 11.3 Å². The van der Waals surface area contributed by atoms with Gasteiger partial charge in [0.05, 0.1) is 32.4 Å². The molecule has 1 atom stereocenters. The van der Waals surface area contributed by atoms with Gasteiger partial charge in [0, 0.05) is 31.0 Å². The summed E-state index contributed by atoms with van der Waals surface area (Å²) in [6.07, 6.45) is 0. The molecule has 0 saturated carbocycles. The summed E-state index contributed by atoms with van der Waals surface area (Å²) in [7, 11) is 6.89. The molecular weight excluding hydrogens is 484 g/mol. The van der Waals surface area contributed by atoms with Gasteiger partial charge in [0.15, 0.2) is 11.5 Å². The highest BCUT2D eigenvalue weighted by Crippen LogP contribution is 2.44. The van der Waals surface area contributed by atoms with Gasteiger partial charge in [-0.05, 0) is 79.6 Å². The highest BCUT2D eigenvalue weighted by atomic mass is 16.5. The SMILES string of the molecule is CCOc1ccc(/C(O)=C2/C(=O)C(=O)N(c3ccc(N(C)C)cc3)C2c2ccc(OC)c(OC)c2)cc1C. The van der Waals surface area contributed by atoms with Gasteiger partial charge in [0.1, 0.15) is 11.5 Å². The van der Waals surface area contributed by atoms with Crippen LogP contribution in [0.4, 0.5) is 11.4 Å². The fourth-order valence-corrected chi connectivity index (χ4v) is 4.62. The second-order valence-electron chi connectivity index (χ2n) is 9.11. The van der Waals surface area contributed by atoms with Gasteiger partial charge in [-0.2, -0.15) is 0 Å². The fourth-order valence-electron chi connectivity index (χ4n) is 4.62. The molecule has 1 saturated heterocycles. The van der Waals surface area contributed by atoms with Crippen molar-refractivity contribution in [3.05, 3.63) is 82.9 Å². The first-order chi connectivity index (χ1) is 18.2. The molecule has 1 amide bonds. The molecule has 3 aromatic rings. The lowest BCUT2D eigenvalue weighted by atomic mass is 9.94. The number of aliphatic hydroxyl groups is 1. The Labute approximate surface area is 222 Å². The second-order valence-corrected chi connectivity index (χ2v) is 9.11. The maximum Gasteiger partial charge on any atom is 0.300 e. The van der Waals surface area contributed by atoms with E-state index < -0.39 is 17.7 Å². The Morgan fingerprint density at radius 1 is 0.921 bits per heavy atom. The van der Waals surface area contributed by atoms with Gasteiger partial charge in [-0.25, -0.2) is 0 Å². The van der Waals surface area contributed by atoms with Crippen molar-refractivity contribution >= 4 is 28.8 Å². The summed E-state index contributed by atoms with van der Waals surface area (Å²) in [5, 5.41) is 11.5. The predicted molar refractivity (Wildman–Crippen MR) is 147 cm³/mol. The van der Waals surface area contributed by atoms with Crippen molar-refractivity contribution in [1.29, 1.82) is 0 Å². The molecule has 1 N–H and O–H groups in total. The van der Waals surface area contributed by atoms with Gasteiger partial charge in [0.2, 0.25) is 0 Å². The van der Waals surface area contributed by atoms with Crippen LogP contribution in [0.15, 0.2) is 66.2 Å². The van der Waals surface area contributed by atoms with Crippen molar-refractivity contribution in [2.45, 2.75) is 19.9 Å². The molecule has 198 valence electrons. The van der Waals surface area contributed by atoms with E-state index in [1.54, 1.807) is 48.5 Å². The van der Waals surface area contributed by atoms with Gasteiger partial charge < -0.3 is 24.2 Å². The van der Waals surface area contributed by atoms with Crippen molar-refractivity contribution in [2.75, 3.05) is 44.7 Å². The minimum absolute atomic E-state index is 0.0116. The van der Waals surface area contributed by atoms with Crippen LogP contribution in [-0.2, 0) is 9.59 Å². The lowest BCUT2D eigenvalue weighted by Gasteiger charge is -2.26. The van der Waals surface area contributed by atoms with E-state index in [9.17, 15) is 14.7 Å². The number of ketones is 1. The van der Waals surface area contributed by atoms with Crippen LogP contribution in [0.5, 0.6) is 17.2 Å². The smallest absolute Gasteiger partial charge is 0.300 e. The van der Waals surface area contributed by atoms with Crippen LogP contribution < -0.4 is 24.0 Å². The van der Waals surface area contributed by atoms with E-state index in [1.807, 2.05) is 45.0 Å². The zero-order valence-electron chi connectivity index (χ0n) is 22.4. The third-order valence-electron chi connectivity index (χ3n) is 6.56. The molecule has 8 nitrogen and oxygen atoms in total. The van der Waals surface area contributed by atoms with Crippen molar-refractivity contribution in [3.63, 3.8) is 0 Å². The Bertz CT molecular complexity index is 1390. The zero-order valence-corrected chi connectivity index (χ0v) is 22.4. The van der Waals surface area contributed by atoms with E-state index in [1.165, 1.54) is 19.1 Å². The number of nitrogens with zero attached hydrogens (tertiary/aromatic N) is 2. The van der Waals surface area contributed by atoms with Gasteiger partial charge in [0.25, 0.3) is 11.7 Å². The van der Waals surface area contributed by atoms with E-state index in [0.29, 0.717) is 40.7 Å². The van der Waals surface area contributed by atoms with Gasteiger partial charge in [-0.15, -0.1) is 0 Å². The van der Waals surface area contributed by atoms with Crippen LogP contribution in [0.3, 0.4) is 0 Å². The van der Waals surface area contributed by atoms with E-state index >= 15 is 0 Å². The van der Waals surface area contributed by atoms with Crippen LogP contribution in [0.1, 0.15) is 29.7 Å².